The first-order chi connectivity index (χ1) is 5.88. The van der Waals surface area contributed by atoms with Crippen LogP contribution < -0.4 is 5.73 Å². The lowest BCUT2D eigenvalue weighted by Gasteiger charge is -2.18. The second kappa shape index (κ2) is 5.33. The highest BCUT2D eigenvalue weighted by molar-refractivity contribution is 4.91. The van der Waals surface area contributed by atoms with Crippen molar-refractivity contribution in [3.63, 3.8) is 0 Å². The number of hydrogen-bond donors (Lipinski definition) is 1. The van der Waals surface area contributed by atoms with Crippen molar-refractivity contribution >= 4 is 0 Å². The molecule has 0 unspecified atom stereocenters. The first-order valence-corrected chi connectivity index (χ1v) is 4.97. The van der Waals surface area contributed by atoms with Crippen LogP contribution in [0.25, 0.3) is 0 Å². The fourth-order valence-electron chi connectivity index (χ4n) is 1.46. The molecule has 0 bridgehead atoms. The highest BCUT2D eigenvalue weighted by atomic mass is 15.2. The van der Waals surface area contributed by atoms with Gasteiger partial charge in [0.2, 0.25) is 0 Å². The summed E-state index contributed by atoms with van der Waals surface area (Å²) in [6, 6.07) is 0.882. The van der Waals surface area contributed by atoms with Crippen molar-refractivity contribution < 1.29 is 0 Å². The number of nitrogens with two attached hydrogens (primary N) is 1. The molecule has 0 aromatic carbocycles. The Morgan fingerprint density at radius 3 is 2.67 bits per heavy atom. The molecular formula is C10H20N2. The Balaban J connectivity index is 2.18. The normalized spacial score (nSPS) is 17.9. The molecule has 12 heavy (non-hydrogen) atoms. The first-order valence-electron chi connectivity index (χ1n) is 4.97. The second-order valence-corrected chi connectivity index (χ2v) is 3.43. The van der Waals surface area contributed by atoms with E-state index >= 15 is 0 Å². The summed E-state index contributed by atoms with van der Waals surface area (Å²) >= 11 is 0. The SMILES string of the molecule is CCCN(CC=CCN)C1CC1. The van der Waals surface area contributed by atoms with Crippen molar-refractivity contribution in [3.8, 4) is 0 Å². The van der Waals surface area contributed by atoms with Gasteiger partial charge in [-0.1, -0.05) is 19.1 Å². The summed E-state index contributed by atoms with van der Waals surface area (Å²) in [5.74, 6) is 0. The fourth-order valence-corrected chi connectivity index (χ4v) is 1.46. The quantitative estimate of drug-likeness (QED) is 0.607. The van der Waals surface area contributed by atoms with Crippen LogP contribution in [0.2, 0.25) is 0 Å². The molecule has 2 N–H and O–H groups in total. The van der Waals surface area contributed by atoms with Crippen LogP contribution in [0.15, 0.2) is 12.2 Å². The molecule has 0 aromatic heterocycles. The van der Waals surface area contributed by atoms with Crippen molar-refractivity contribution in [2.24, 2.45) is 5.73 Å². The van der Waals surface area contributed by atoms with Crippen molar-refractivity contribution in [2.75, 3.05) is 19.6 Å². The van der Waals surface area contributed by atoms with Gasteiger partial charge in [0.05, 0.1) is 0 Å². The van der Waals surface area contributed by atoms with Gasteiger partial charge < -0.3 is 5.73 Å². The predicted octanol–water partition coefficient (Wildman–Crippen LogP) is 1.38. The maximum atomic E-state index is 5.38. The fraction of sp³-hybridized carbons (Fsp3) is 0.800. The van der Waals surface area contributed by atoms with Crippen LogP contribution in [-0.4, -0.2) is 30.6 Å². The predicted molar refractivity (Wildman–Crippen MR) is 53.1 cm³/mol. The smallest absolute Gasteiger partial charge is 0.0166 e. The van der Waals surface area contributed by atoms with E-state index in [9.17, 15) is 0 Å². The molecule has 0 aromatic rings. The second-order valence-electron chi connectivity index (χ2n) is 3.43. The van der Waals surface area contributed by atoms with Gasteiger partial charge in [0.1, 0.15) is 0 Å². The minimum atomic E-state index is 0.671. The third-order valence-corrected chi connectivity index (χ3v) is 2.22. The summed E-state index contributed by atoms with van der Waals surface area (Å²) in [6.45, 7) is 5.24. The van der Waals surface area contributed by atoms with Gasteiger partial charge in [-0.05, 0) is 25.8 Å². The third-order valence-electron chi connectivity index (χ3n) is 2.22. The maximum absolute atomic E-state index is 5.38. The number of nitrogens with zero attached hydrogens (tertiary/aromatic N) is 1. The topological polar surface area (TPSA) is 29.3 Å². The van der Waals surface area contributed by atoms with Crippen LogP contribution in [0.5, 0.6) is 0 Å². The van der Waals surface area contributed by atoms with E-state index in [1.165, 1.54) is 25.8 Å². The summed E-state index contributed by atoms with van der Waals surface area (Å²) in [4.78, 5) is 2.55. The molecule has 1 fully saturated rings. The Labute approximate surface area is 75.4 Å². The standard InChI is InChI=1S/C10H20N2/c1-2-8-12(10-5-6-10)9-4-3-7-11/h3-4,10H,2,5-9,11H2,1H3. The van der Waals surface area contributed by atoms with Gasteiger partial charge in [-0.2, -0.15) is 0 Å². The van der Waals surface area contributed by atoms with Gasteiger partial charge in [0.15, 0.2) is 0 Å². The van der Waals surface area contributed by atoms with Crippen LogP contribution in [-0.2, 0) is 0 Å². The van der Waals surface area contributed by atoms with E-state index in [-0.39, 0.29) is 0 Å². The summed E-state index contributed by atoms with van der Waals surface area (Å²) in [7, 11) is 0. The molecule has 0 radical (unpaired) electrons. The Kier molecular flexibility index (Phi) is 4.33. The van der Waals surface area contributed by atoms with Gasteiger partial charge in [-0.25, -0.2) is 0 Å². The Bertz CT molecular complexity index is 139. The van der Waals surface area contributed by atoms with E-state index < -0.39 is 0 Å². The van der Waals surface area contributed by atoms with Gasteiger partial charge in [-0.3, -0.25) is 4.90 Å². The first kappa shape index (κ1) is 9.75. The van der Waals surface area contributed by atoms with Gasteiger partial charge in [0, 0.05) is 19.1 Å². The van der Waals surface area contributed by atoms with Gasteiger partial charge in [0.25, 0.3) is 0 Å². The zero-order valence-electron chi connectivity index (χ0n) is 8.00. The monoisotopic (exact) mass is 168 g/mol. The van der Waals surface area contributed by atoms with Crippen LogP contribution in [0.4, 0.5) is 0 Å². The molecule has 1 saturated carbocycles. The van der Waals surface area contributed by atoms with Crippen LogP contribution in [0.1, 0.15) is 26.2 Å². The number of hydrogen-bond acceptors (Lipinski definition) is 2. The van der Waals surface area contributed by atoms with Crippen LogP contribution >= 0.6 is 0 Å². The molecule has 0 aliphatic heterocycles. The van der Waals surface area contributed by atoms with Gasteiger partial charge >= 0.3 is 0 Å². The van der Waals surface area contributed by atoms with Crippen molar-refractivity contribution in [3.05, 3.63) is 12.2 Å². The molecule has 2 nitrogen and oxygen atoms in total. The minimum Gasteiger partial charge on any atom is -0.327 e. The number of rotatable bonds is 6. The zero-order valence-corrected chi connectivity index (χ0v) is 8.00. The van der Waals surface area contributed by atoms with E-state index in [1.54, 1.807) is 0 Å². The molecule has 0 heterocycles. The average Bonchev–Trinajstić information content (AvgIpc) is 2.86. The van der Waals surface area contributed by atoms with Crippen molar-refractivity contribution in [2.45, 2.75) is 32.2 Å². The van der Waals surface area contributed by atoms with E-state index in [0.717, 1.165) is 12.6 Å². The molecule has 1 rings (SSSR count). The highest BCUT2D eigenvalue weighted by Gasteiger charge is 2.26. The largest absolute Gasteiger partial charge is 0.327 e. The van der Waals surface area contributed by atoms with E-state index in [4.69, 9.17) is 5.73 Å². The Morgan fingerprint density at radius 1 is 1.42 bits per heavy atom. The molecule has 0 saturated heterocycles. The summed E-state index contributed by atoms with van der Waals surface area (Å²) in [5, 5.41) is 0. The molecule has 1 aliphatic rings. The molecule has 1 aliphatic carbocycles. The maximum Gasteiger partial charge on any atom is 0.0166 e. The third kappa shape index (κ3) is 3.37. The zero-order chi connectivity index (χ0) is 8.81. The Hall–Kier alpha value is -0.340. The van der Waals surface area contributed by atoms with Gasteiger partial charge in [-0.15, -0.1) is 0 Å². The lowest BCUT2D eigenvalue weighted by molar-refractivity contribution is 0.292. The molecule has 70 valence electrons. The summed E-state index contributed by atoms with van der Waals surface area (Å²) in [6.07, 6.45) is 8.29. The van der Waals surface area contributed by atoms with Crippen LogP contribution in [0, 0.1) is 0 Å². The molecular weight excluding hydrogens is 148 g/mol. The lowest BCUT2D eigenvalue weighted by Crippen LogP contribution is -2.27. The molecule has 0 spiro atoms. The average molecular weight is 168 g/mol. The molecule has 2 heteroatoms. The summed E-state index contributed by atoms with van der Waals surface area (Å²) in [5.41, 5.74) is 5.38. The van der Waals surface area contributed by atoms with Crippen LogP contribution in [0.3, 0.4) is 0 Å². The summed E-state index contributed by atoms with van der Waals surface area (Å²) < 4.78 is 0. The van der Waals surface area contributed by atoms with Crippen molar-refractivity contribution in [1.29, 1.82) is 0 Å². The molecule has 0 atom stereocenters. The van der Waals surface area contributed by atoms with E-state index in [2.05, 4.69) is 17.9 Å². The van der Waals surface area contributed by atoms with E-state index in [1.807, 2.05) is 6.08 Å². The highest BCUT2D eigenvalue weighted by Crippen LogP contribution is 2.26. The van der Waals surface area contributed by atoms with Crippen molar-refractivity contribution in [1.82, 2.24) is 4.90 Å². The lowest BCUT2D eigenvalue weighted by atomic mass is 10.3. The minimum absolute atomic E-state index is 0.671. The Morgan fingerprint density at radius 2 is 2.17 bits per heavy atom. The van der Waals surface area contributed by atoms with E-state index in [0.29, 0.717) is 6.54 Å². The molecule has 0 amide bonds.